The van der Waals surface area contributed by atoms with Crippen LogP contribution in [0.5, 0.6) is 5.75 Å². The van der Waals surface area contributed by atoms with Crippen LogP contribution in [0.15, 0.2) is 97.1 Å². The summed E-state index contributed by atoms with van der Waals surface area (Å²) in [6.45, 7) is 5.38. The number of urea groups is 1. The van der Waals surface area contributed by atoms with Gasteiger partial charge in [0.2, 0.25) is 29.5 Å². The number of nitro groups is 1. The quantitative estimate of drug-likeness (QED) is 0.0131. The maximum Gasteiger partial charge on any atom is 0.514 e. The van der Waals surface area contributed by atoms with Gasteiger partial charge in [0.05, 0.1) is 56.8 Å². The number of nitro benzene ring substituents is 1. The molecule has 2 atom stereocenters. The molecule has 1 heterocycles. The van der Waals surface area contributed by atoms with E-state index in [1.165, 1.54) is 24.3 Å². The Morgan fingerprint density at radius 3 is 2.04 bits per heavy atom. The Kier molecular flexibility index (Phi) is 23.6. The van der Waals surface area contributed by atoms with Crippen LogP contribution in [0.1, 0.15) is 68.2 Å². The van der Waals surface area contributed by atoms with Gasteiger partial charge in [0.25, 0.3) is 5.69 Å². The molecule has 22 nitrogen and oxygen atoms in total. The standard InChI is InChI=1S/C53H64N8O14/c1-36(2)49(51(66)58-44(11-7-26-56-52(54)67)50(65)57-41-17-13-37(14-18-41)35-74-53(68)75-43-21-19-42(20-22-43)61(69)70)59-47(63)25-28-71-30-32-73-33-31-72-29-27-55-46(62)23-24-48(64)60-34-40-10-4-3-8-38(40)15-16-39-9-5-6-12-45(39)60/h3-6,8-10,12-22,36,44,49H,7,11,23-35H2,1-2H3,(H,55,62)(H,57,65)(H,58,66)(H,59,63)(H3,54,56,67)/b16-15-/t44-,49-/m1/s1. The van der Waals surface area contributed by atoms with Crippen LogP contribution in [0.2, 0.25) is 0 Å². The topological polar surface area (TPSA) is 298 Å². The first-order chi connectivity index (χ1) is 36.2. The summed E-state index contributed by atoms with van der Waals surface area (Å²) < 4.78 is 26.8. The van der Waals surface area contributed by atoms with Crippen LogP contribution in [0.25, 0.3) is 12.2 Å². The largest absolute Gasteiger partial charge is 0.514 e. The van der Waals surface area contributed by atoms with Crippen LogP contribution in [0.3, 0.4) is 0 Å². The molecular weight excluding hydrogens is 973 g/mol. The van der Waals surface area contributed by atoms with Crippen molar-refractivity contribution in [2.75, 3.05) is 62.9 Å². The third kappa shape index (κ3) is 20.3. The molecule has 1 aliphatic rings. The molecule has 7 amide bonds. The number of carbonyl (C=O) groups is 7. The minimum atomic E-state index is -1.08. The van der Waals surface area contributed by atoms with Gasteiger partial charge in [-0.1, -0.05) is 80.6 Å². The number of anilines is 2. The number of ether oxygens (including phenoxy) is 5. The lowest BCUT2D eigenvalue weighted by Crippen LogP contribution is -2.54. The van der Waals surface area contributed by atoms with Crippen LogP contribution >= 0.6 is 0 Å². The van der Waals surface area contributed by atoms with Crippen LogP contribution in [0, 0.1) is 16.0 Å². The Hall–Kier alpha value is -8.21. The van der Waals surface area contributed by atoms with E-state index in [-0.39, 0.29) is 121 Å². The lowest BCUT2D eigenvalue weighted by atomic mass is 10.0. The van der Waals surface area contributed by atoms with Crippen molar-refractivity contribution in [2.24, 2.45) is 11.7 Å². The molecule has 22 heteroatoms. The first-order valence-corrected chi connectivity index (χ1v) is 24.4. The molecule has 400 valence electrons. The van der Waals surface area contributed by atoms with Crippen molar-refractivity contribution in [2.45, 2.75) is 71.2 Å². The molecule has 0 saturated heterocycles. The second-order valence-electron chi connectivity index (χ2n) is 17.4. The van der Waals surface area contributed by atoms with Gasteiger partial charge in [0.15, 0.2) is 0 Å². The summed E-state index contributed by atoms with van der Waals surface area (Å²) in [5.41, 5.74) is 9.69. The molecule has 4 aromatic rings. The van der Waals surface area contributed by atoms with Gasteiger partial charge in [0.1, 0.15) is 24.4 Å². The number of para-hydroxylation sites is 1. The van der Waals surface area contributed by atoms with E-state index < -0.39 is 46.9 Å². The fourth-order valence-corrected chi connectivity index (χ4v) is 7.43. The summed E-state index contributed by atoms with van der Waals surface area (Å²) in [6.07, 6.45) is 3.43. The summed E-state index contributed by atoms with van der Waals surface area (Å²) in [5.74, 6) is -2.33. The number of nitrogens with zero attached hydrogens (tertiary/aromatic N) is 2. The Morgan fingerprint density at radius 1 is 0.693 bits per heavy atom. The van der Waals surface area contributed by atoms with Gasteiger partial charge < -0.3 is 60.9 Å². The summed E-state index contributed by atoms with van der Waals surface area (Å²) in [5, 5.41) is 24.3. The van der Waals surface area contributed by atoms with Gasteiger partial charge in [-0.05, 0) is 71.3 Å². The predicted octanol–water partition coefficient (Wildman–Crippen LogP) is 5.38. The molecule has 0 bridgehead atoms. The van der Waals surface area contributed by atoms with Crippen LogP contribution < -0.4 is 42.0 Å². The highest BCUT2D eigenvalue weighted by atomic mass is 16.7. The van der Waals surface area contributed by atoms with Gasteiger partial charge in [0, 0.05) is 50.2 Å². The maximum absolute atomic E-state index is 13.6. The highest BCUT2D eigenvalue weighted by Gasteiger charge is 2.29. The van der Waals surface area contributed by atoms with Gasteiger partial charge in [-0.25, -0.2) is 9.59 Å². The number of fused-ring (bicyclic) bond motifs is 2. The zero-order valence-corrected chi connectivity index (χ0v) is 41.9. The number of hydrogen-bond donors (Lipinski definition) is 6. The first kappa shape index (κ1) is 57.7. The number of primary amides is 1. The molecule has 0 fully saturated rings. The minimum Gasteiger partial charge on any atom is -0.429 e. The van der Waals surface area contributed by atoms with Crippen molar-refractivity contribution >= 4 is 70.9 Å². The van der Waals surface area contributed by atoms with Crippen molar-refractivity contribution in [1.29, 1.82) is 0 Å². The van der Waals surface area contributed by atoms with Crippen molar-refractivity contribution in [3.63, 3.8) is 0 Å². The van der Waals surface area contributed by atoms with Gasteiger partial charge in [-0.15, -0.1) is 0 Å². The second kappa shape index (κ2) is 30.7. The van der Waals surface area contributed by atoms with Crippen LogP contribution in [-0.4, -0.2) is 111 Å². The molecule has 4 aromatic carbocycles. The smallest absolute Gasteiger partial charge is 0.429 e. The van der Waals surface area contributed by atoms with E-state index in [1.54, 1.807) is 43.0 Å². The molecule has 0 spiro atoms. The molecule has 5 rings (SSSR count). The van der Waals surface area contributed by atoms with Crippen LogP contribution in [0.4, 0.5) is 26.7 Å². The first-order valence-electron chi connectivity index (χ1n) is 24.4. The van der Waals surface area contributed by atoms with E-state index in [4.69, 9.17) is 29.4 Å². The summed E-state index contributed by atoms with van der Waals surface area (Å²) in [7, 11) is 0. The monoisotopic (exact) mass is 1040 g/mol. The summed E-state index contributed by atoms with van der Waals surface area (Å²) in [4.78, 5) is 101. The average molecular weight is 1040 g/mol. The lowest BCUT2D eigenvalue weighted by molar-refractivity contribution is -0.384. The molecule has 0 radical (unpaired) electrons. The van der Waals surface area contributed by atoms with E-state index in [0.29, 0.717) is 17.8 Å². The van der Waals surface area contributed by atoms with Crippen molar-refractivity contribution in [1.82, 2.24) is 21.3 Å². The highest BCUT2D eigenvalue weighted by Crippen LogP contribution is 2.29. The van der Waals surface area contributed by atoms with Gasteiger partial charge in [-0.3, -0.25) is 34.1 Å². The Balaban J connectivity index is 0.937. The van der Waals surface area contributed by atoms with Gasteiger partial charge in [-0.2, -0.15) is 0 Å². The van der Waals surface area contributed by atoms with Crippen LogP contribution in [-0.2, 0) is 56.1 Å². The number of nitrogens with two attached hydrogens (primary N) is 1. The molecule has 0 unspecified atom stereocenters. The summed E-state index contributed by atoms with van der Waals surface area (Å²) >= 11 is 0. The third-order valence-electron chi connectivity index (χ3n) is 11.4. The second-order valence-corrected chi connectivity index (χ2v) is 17.4. The molecule has 75 heavy (non-hydrogen) atoms. The van der Waals surface area contributed by atoms with E-state index >= 15 is 0 Å². The van der Waals surface area contributed by atoms with E-state index in [9.17, 15) is 43.7 Å². The van der Waals surface area contributed by atoms with Crippen molar-refractivity contribution in [3.05, 3.63) is 129 Å². The number of nitrogens with one attached hydrogen (secondary N) is 5. The van der Waals surface area contributed by atoms with E-state index in [0.717, 1.165) is 22.4 Å². The predicted molar refractivity (Wildman–Crippen MR) is 277 cm³/mol. The van der Waals surface area contributed by atoms with Gasteiger partial charge >= 0.3 is 12.2 Å². The number of hydrogen-bond acceptors (Lipinski definition) is 14. The zero-order valence-electron chi connectivity index (χ0n) is 41.9. The Bertz CT molecular complexity index is 2590. The molecule has 0 aliphatic carbocycles. The number of non-ortho nitro benzene ring substituents is 1. The SMILES string of the molecule is CC(C)[C@@H](NC(=O)CCOCCOCCOCCNC(=O)CCC(=O)N1Cc2ccccc2/C=C\c2ccccc21)C(=O)N[C@H](CCCNC(N)=O)C(=O)Nc1ccc(COC(=O)Oc2ccc([N+](=O)[O-])cc2)cc1. The molecule has 0 saturated carbocycles. The molecule has 0 aromatic heterocycles. The van der Waals surface area contributed by atoms with E-state index in [1.807, 2.05) is 60.7 Å². The maximum atomic E-state index is 13.6. The van der Waals surface area contributed by atoms with Crippen molar-refractivity contribution < 1.29 is 62.2 Å². The molecular formula is C53H64N8O14. The Labute approximate surface area is 434 Å². The number of amides is 7. The highest BCUT2D eigenvalue weighted by molar-refractivity contribution is 5.99. The number of rotatable bonds is 29. The average Bonchev–Trinajstić information content (AvgIpc) is 3.38. The number of benzene rings is 4. The normalized spacial score (nSPS) is 12.8. The minimum absolute atomic E-state index is 0.0374. The molecule has 7 N–H and O–H groups in total. The van der Waals surface area contributed by atoms with E-state index in [2.05, 4.69) is 26.6 Å². The summed E-state index contributed by atoms with van der Waals surface area (Å²) in [6, 6.07) is 24.0. The Morgan fingerprint density at radius 2 is 1.35 bits per heavy atom. The zero-order chi connectivity index (χ0) is 54.0. The lowest BCUT2D eigenvalue weighted by Gasteiger charge is -2.27. The number of carbonyl (C=O) groups excluding carboxylic acids is 7. The van der Waals surface area contributed by atoms with Crippen molar-refractivity contribution in [3.8, 4) is 5.75 Å². The third-order valence-corrected chi connectivity index (χ3v) is 11.4. The fourth-order valence-electron chi connectivity index (χ4n) is 7.43. The fraction of sp³-hybridized carbons (Fsp3) is 0.377. The molecule has 1 aliphatic heterocycles.